The summed E-state index contributed by atoms with van der Waals surface area (Å²) < 4.78 is 0. The lowest BCUT2D eigenvalue weighted by Crippen LogP contribution is -2.35. The maximum absolute atomic E-state index is 12.6. The van der Waals surface area contributed by atoms with Gasteiger partial charge in [-0.15, -0.1) is 0 Å². The SMILES string of the molecule is CN(C)c1nc(NC2CCC(C(=O)NCc3cc(Cl)cc(Cl)c3)CC2)nc2ccccc12. The van der Waals surface area contributed by atoms with Gasteiger partial charge in [0.05, 0.1) is 5.52 Å². The Labute approximate surface area is 198 Å². The highest BCUT2D eigenvalue weighted by atomic mass is 35.5. The van der Waals surface area contributed by atoms with Gasteiger partial charge in [-0.3, -0.25) is 4.79 Å². The third kappa shape index (κ3) is 5.43. The summed E-state index contributed by atoms with van der Waals surface area (Å²) in [5, 5.41) is 8.68. The number of anilines is 2. The summed E-state index contributed by atoms with van der Waals surface area (Å²) >= 11 is 12.1. The highest BCUT2D eigenvalue weighted by molar-refractivity contribution is 6.34. The van der Waals surface area contributed by atoms with Gasteiger partial charge in [0.15, 0.2) is 0 Å². The summed E-state index contributed by atoms with van der Waals surface area (Å²) in [4.78, 5) is 24.1. The first-order valence-electron chi connectivity index (χ1n) is 10.8. The van der Waals surface area contributed by atoms with Crippen LogP contribution >= 0.6 is 23.2 Å². The van der Waals surface area contributed by atoms with Crippen molar-refractivity contribution in [2.75, 3.05) is 24.3 Å². The van der Waals surface area contributed by atoms with Crippen LogP contribution in [0.4, 0.5) is 11.8 Å². The van der Waals surface area contributed by atoms with Crippen molar-refractivity contribution < 1.29 is 4.79 Å². The van der Waals surface area contributed by atoms with E-state index >= 15 is 0 Å². The minimum atomic E-state index is 0.0116. The van der Waals surface area contributed by atoms with E-state index in [1.165, 1.54) is 0 Å². The first-order valence-corrected chi connectivity index (χ1v) is 11.6. The number of benzene rings is 2. The number of para-hydroxylation sites is 1. The predicted molar refractivity (Wildman–Crippen MR) is 132 cm³/mol. The number of rotatable bonds is 6. The van der Waals surface area contributed by atoms with E-state index in [2.05, 4.69) is 10.6 Å². The molecule has 1 aliphatic rings. The highest BCUT2D eigenvalue weighted by Crippen LogP contribution is 2.29. The zero-order valence-corrected chi connectivity index (χ0v) is 19.7. The van der Waals surface area contributed by atoms with Crippen molar-refractivity contribution in [3.63, 3.8) is 0 Å². The molecule has 6 nitrogen and oxygen atoms in total. The van der Waals surface area contributed by atoms with Gasteiger partial charge in [0.1, 0.15) is 5.82 Å². The van der Waals surface area contributed by atoms with Crippen LogP contribution in [0, 0.1) is 5.92 Å². The monoisotopic (exact) mass is 471 g/mol. The zero-order valence-electron chi connectivity index (χ0n) is 18.2. The number of carbonyl (C=O) groups excluding carboxylic acids is 1. The zero-order chi connectivity index (χ0) is 22.7. The Kier molecular flexibility index (Phi) is 7.01. The molecule has 0 aliphatic heterocycles. The van der Waals surface area contributed by atoms with Crippen LogP contribution in [0.2, 0.25) is 10.0 Å². The number of amides is 1. The van der Waals surface area contributed by atoms with Gasteiger partial charge >= 0.3 is 0 Å². The average Bonchev–Trinajstić information content (AvgIpc) is 2.76. The molecule has 1 heterocycles. The summed E-state index contributed by atoms with van der Waals surface area (Å²) in [7, 11) is 3.97. The Bertz CT molecular complexity index is 1090. The Hall–Kier alpha value is -2.57. The van der Waals surface area contributed by atoms with Gasteiger partial charge in [0, 0.05) is 48.0 Å². The van der Waals surface area contributed by atoms with Crippen molar-refractivity contribution in [2.24, 2.45) is 5.92 Å². The molecule has 4 rings (SSSR count). The maximum atomic E-state index is 12.6. The number of carbonyl (C=O) groups is 1. The van der Waals surface area contributed by atoms with Crippen molar-refractivity contribution in [1.82, 2.24) is 15.3 Å². The average molecular weight is 472 g/mol. The second kappa shape index (κ2) is 9.92. The molecule has 1 amide bonds. The third-order valence-electron chi connectivity index (χ3n) is 5.83. The molecule has 32 heavy (non-hydrogen) atoms. The van der Waals surface area contributed by atoms with Crippen LogP contribution in [0.25, 0.3) is 10.9 Å². The van der Waals surface area contributed by atoms with E-state index in [9.17, 15) is 4.79 Å². The number of nitrogens with one attached hydrogen (secondary N) is 2. The number of hydrogen-bond donors (Lipinski definition) is 2. The molecule has 0 bridgehead atoms. The molecule has 0 spiro atoms. The predicted octanol–water partition coefficient (Wildman–Crippen LogP) is 5.29. The summed E-state index contributed by atoms with van der Waals surface area (Å²) in [6.07, 6.45) is 3.45. The molecular formula is C24H27Cl2N5O. The molecule has 168 valence electrons. The number of aromatic nitrogens is 2. The number of nitrogens with zero attached hydrogens (tertiary/aromatic N) is 3. The molecule has 2 aromatic carbocycles. The van der Waals surface area contributed by atoms with Crippen LogP contribution < -0.4 is 15.5 Å². The standard InChI is InChI=1S/C24H27Cl2N5O/c1-31(2)22-20-5-3-4-6-21(20)29-24(30-22)28-19-9-7-16(8-10-19)23(32)27-14-15-11-17(25)13-18(26)12-15/h3-6,11-13,16,19H,7-10,14H2,1-2H3,(H,27,32)(H,28,29,30). The fourth-order valence-electron chi connectivity index (χ4n) is 4.19. The van der Waals surface area contributed by atoms with Crippen molar-refractivity contribution >= 4 is 51.8 Å². The van der Waals surface area contributed by atoms with Gasteiger partial charge in [-0.05, 0) is 61.6 Å². The van der Waals surface area contributed by atoms with Crippen LogP contribution in [0.1, 0.15) is 31.2 Å². The molecule has 3 aromatic rings. The van der Waals surface area contributed by atoms with Gasteiger partial charge < -0.3 is 15.5 Å². The molecule has 0 radical (unpaired) electrons. The lowest BCUT2D eigenvalue weighted by atomic mass is 9.85. The summed E-state index contributed by atoms with van der Waals surface area (Å²) in [6, 6.07) is 13.6. The first kappa shape index (κ1) is 22.6. The minimum absolute atomic E-state index is 0.0116. The van der Waals surface area contributed by atoms with Gasteiger partial charge in [-0.1, -0.05) is 35.3 Å². The van der Waals surface area contributed by atoms with E-state index in [-0.39, 0.29) is 17.9 Å². The van der Waals surface area contributed by atoms with Crippen molar-refractivity contribution in [1.29, 1.82) is 0 Å². The smallest absolute Gasteiger partial charge is 0.225 e. The Balaban J connectivity index is 1.33. The molecule has 1 aliphatic carbocycles. The largest absolute Gasteiger partial charge is 0.362 e. The van der Waals surface area contributed by atoms with Crippen molar-refractivity contribution in [3.05, 3.63) is 58.1 Å². The quantitative estimate of drug-likeness (QED) is 0.510. The third-order valence-corrected chi connectivity index (χ3v) is 6.26. The summed E-state index contributed by atoms with van der Waals surface area (Å²) in [6.45, 7) is 0.426. The molecule has 0 unspecified atom stereocenters. The molecular weight excluding hydrogens is 445 g/mol. The molecule has 0 atom stereocenters. The molecule has 1 fully saturated rings. The van der Waals surface area contributed by atoms with Crippen molar-refractivity contribution in [3.8, 4) is 0 Å². The Morgan fingerprint density at radius 1 is 1.03 bits per heavy atom. The van der Waals surface area contributed by atoms with Crippen LogP contribution in [0.15, 0.2) is 42.5 Å². The van der Waals surface area contributed by atoms with Crippen LogP contribution in [-0.2, 0) is 11.3 Å². The summed E-state index contributed by atoms with van der Waals surface area (Å²) in [5.41, 5.74) is 1.82. The van der Waals surface area contributed by atoms with Crippen LogP contribution in [0.3, 0.4) is 0 Å². The van der Waals surface area contributed by atoms with E-state index in [4.69, 9.17) is 33.2 Å². The van der Waals surface area contributed by atoms with E-state index < -0.39 is 0 Å². The summed E-state index contributed by atoms with van der Waals surface area (Å²) in [5.74, 6) is 1.62. The van der Waals surface area contributed by atoms with E-state index in [1.54, 1.807) is 6.07 Å². The normalized spacial score (nSPS) is 18.4. The topological polar surface area (TPSA) is 70.2 Å². The maximum Gasteiger partial charge on any atom is 0.225 e. The minimum Gasteiger partial charge on any atom is -0.362 e. The molecule has 1 aromatic heterocycles. The van der Waals surface area contributed by atoms with Crippen LogP contribution in [-0.4, -0.2) is 36.0 Å². The first-order chi connectivity index (χ1) is 15.4. The molecule has 8 heteroatoms. The Morgan fingerprint density at radius 2 is 1.72 bits per heavy atom. The number of halogens is 2. The lowest BCUT2D eigenvalue weighted by molar-refractivity contribution is -0.126. The van der Waals surface area contributed by atoms with E-state index in [0.29, 0.717) is 22.5 Å². The second-order valence-electron chi connectivity index (χ2n) is 8.47. The molecule has 0 saturated heterocycles. The fraction of sp³-hybridized carbons (Fsp3) is 0.375. The van der Waals surface area contributed by atoms with Gasteiger partial charge in [-0.25, -0.2) is 4.98 Å². The number of hydrogen-bond acceptors (Lipinski definition) is 5. The van der Waals surface area contributed by atoms with Gasteiger partial charge in [0.2, 0.25) is 11.9 Å². The van der Waals surface area contributed by atoms with Crippen molar-refractivity contribution in [2.45, 2.75) is 38.3 Å². The van der Waals surface area contributed by atoms with Gasteiger partial charge in [0.25, 0.3) is 0 Å². The van der Waals surface area contributed by atoms with Crippen LogP contribution in [0.5, 0.6) is 0 Å². The second-order valence-corrected chi connectivity index (χ2v) is 9.34. The Morgan fingerprint density at radius 3 is 2.41 bits per heavy atom. The lowest BCUT2D eigenvalue weighted by Gasteiger charge is -2.28. The van der Waals surface area contributed by atoms with E-state index in [1.807, 2.05) is 55.4 Å². The highest BCUT2D eigenvalue weighted by Gasteiger charge is 2.26. The molecule has 2 N–H and O–H groups in total. The van der Waals surface area contributed by atoms with E-state index in [0.717, 1.165) is 48.0 Å². The van der Waals surface area contributed by atoms with Gasteiger partial charge in [-0.2, -0.15) is 4.98 Å². The molecule has 1 saturated carbocycles. The number of fused-ring (bicyclic) bond motifs is 1. The fourth-order valence-corrected chi connectivity index (χ4v) is 4.77.